The molecule has 5 aliphatic rings. The highest BCUT2D eigenvalue weighted by molar-refractivity contribution is 7.97. The van der Waals surface area contributed by atoms with Crippen LogP contribution in [0.25, 0.3) is 0 Å². The van der Waals surface area contributed by atoms with Crippen LogP contribution in [-0.4, -0.2) is 90.5 Å². The zero-order chi connectivity index (χ0) is 47.9. The molecule has 0 spiro atoms. The average molecular weight is 936 g/mol. The number of esters is 1. The van der Waals surface area contributed by atoms with Gasteiger partial charge in [0.15, 0.2) is 20.3 Å². The second kappa shape index (κ2) is 21.7. The number of halogens is 3. The van der Waals surface area contributed by atoms with Crippen LogP contribution in [0.1, 0.15) is 85.5 Å². The third-order valence-corrected chi connectivity index (χ3v) is 17.6. The molecule has 4 saturated carbocycles. The Bertz CT molecular complexity index is 2040. The van der Waals surface area contributed by atoms with E-state index < -0.39 is 23.2 Å². The number of ether oxygens (including phenoxy) is 2. The first-order chi connectivity index (χ1) is 31.3. The van der Waals surface area contributed by atoms with Crippen molar-refractivity contribution in [1.29, 1.82) is 0 Å². The molecule has 1 heterocycles. The summed E-state index contributed by atoms with van der Waals surface area (Å²) in [5.41, 5.74) is -4.34. The second-order valence-electron chi connectivity index (χ2n) is 19.2. The van der Waals surface area contributed by atoms with E-state index in [9.17, 15) is 42.3 Å². The lowest BCUT2D eigenvalue weighted by Gasteiger charge is -2.58. The smallest absolute Gasteiger partial charge is 0.422 e. The number of fused-ring (bicyclic) bond motifs is 5. The van der Waals surface area contributed by atoms with Gasteiger partial charge in [0.25, 0.3) is 0 Å². The van der Waals surface area contributed by atoms with E-state index in [1.807, 2.05) is 0 Å². The molecule has 0 bridgehead atoms. The Morgan fingerprint density at radius 3 is 1.91 bits per heavy atom. The van der Waals surface area contributed by atoms with Crippen LogP contribution >= 0.6 is 0 Å². The van der Waals surface area contributed by atoms with Gasteiger partial charge < -0.3 is 24.5 Å². The fourth-order valence-corrected chi connectivity index (χ4v) is 13.4. The van der Waals surface area contributed by atoms with Crippen molar-refractivity contribution < 1.29 is 56.8 Å². The van der Waals surface area contributed by atoms with Crippen molar-refractivity contribution in [3.8, 4) is 0 Å². The highest BCUT2D eigenvalue weighted by Gasteiger charge is 2.66. The number of hydrogen-bond acceptors (Lipinski definition) is 10. The minimum Gasteiger partial charge on any atom is -0.547 e. The Hall–Kier alpha value is -4.37. The van der Waals surface area contributed by atoms with E-state index in [0.29, 0.717) is 56.7 Å². The van der Waals surface area contributed by atoms with E-state index in [0.717, 1.165) is 52.1 Å². The van der Waals surface area contributed by atoms with Gasteiger partial charge in [-0.2, -0.15) is 13.2 Å². The first-order valence-electron chi connectivity index (χ1n) is 23.2. The van der Waals surface area contributed by atoms with E-state index in [2.05, 4.69) is 117 Å². The van der Waals surface area contributed by atoms with E-state index in [4.69, 9.17) is 14.6 Å². The number of rotatable bonds is 11. The Labute approximate surface area is 389 Å². The monoisotopic (exact) mass is 935 g/mol. The topological polar surface area (TPSA) is 150 Å². The number of benzene rings is 3. The number of aliphatic carboxylic acids is 1. The highest BCUT2D eigenvalue weighted by atomic mass is 32.2. The summed E-state index contributed by atoms with van der Waals surface area (Å²) in [6.45, 7) is 11.0. The van der Waals surface area contributed by atoms with Gasteiger partial charge in [0.2, 0.25) is 0 Å². The van der Waals surface area contributed by atoms with Gasteiger partial charge in [0.05, 0.1) is 30.1 Å². The number of carboxylic acids is 1. The number of carboxylic acid groups (broad SMARTS) is 1. The quantitative estimate of drug-likeness (QED) is 0.150. The van der Waals surface area contributed by atoms with E-state index >= 15 is 0 Å². The highest BCUT2D eigenvalue weighted by Crippen LogP contribution is 2.66. The number of ketones is 3. The molecule has 1 aliphatic heterocycles. The van der Waals surface area contributed by atoms with Gasteiger partial charge in [-0.3, -0.25) is 24.1 Å². The number of nitrogens with zero attached hydrogens (tertiary/aromatic N) is 1. The van der Waals surface area contributed by atoms with Crippen molar-refractivity contribution in [1.82, 2.24) is 4.90 Å². The van der Waals surface area contributed by atoms with Crippen molar-refractivity contribution >= 4 is 40.2 Å². The van der Waals surface area contributed by atoms with Crippen LogP contribution in [-0.2, 0) is 44.3 Å². The van der Waals surface area contributed by atoms with Gasteiger partial charge in [-0.1, -0.05) is 75.4 Å². The van der Waals surface area contributed by atoms with Gasteiger partial charge in [-0.15, -0.1) is 0 Å². The predicted molar refractivity (Wildman–Crippen MR) is 241 cm³/mol. The molecule has 5 fully saturated rings. The summed E-state index contributed by atoms with van der Waals surface area (Å²) in [6, 6.07) is 32.2. The minimum atomic E-state index is -5.19. The summed E-state index contributed by atoms with van der Waals surface area (Å²) in [4.78, 5) is 68.0. The molecular formula is C52H64F3NO9S. The summed E-state index contributed by atoms with van der Waals surface area (Å²) in [5.74, 6) is -1.21. The lowest BCUT2D eigenvalue weighted by molar-refractivity contribution is -0.351. The van der Waals surface area contributed by atoms with Gasteiger partial charge >= 0.3 is 12.1 Å². The van der Waals surface area contributed by atoms with Crippen LogP contribution < -0.4 is 5.11 Å². The van der Waals surface area contributed by atoms with Gasteiger partial charge in [0.1, 0.15) is 24.0 Å². The lowest BCUT2D eigenvalue weighted by atomic mass is 9.44. The Kier molecular flexibility index (Phi) is 16.8. The average Bonchev–Trinajstić information content (AvgIpc) is 3.66. The van der Waals surface area contributed by atoms with E-state index in [-0.39, 0.29) is 70.5 Å². The fourth-order valence-electron chi connectivity index (χ4n) is 11.3. The molecule has 0 radical (unpaired) electrons. The van der Waals surface area contributed by atoms with E-state index in [1.165, 1.54) is 14.7 Å². The van der Waals surface area contributed by atoms with Crippen molar-refractivity contribution in [2.75, 3.05) is 39.5 Å². The fraction of sp³-hybridized carbons (Fsp3) is 0.558. The van der Waals surface area contributed by atoms with Gasteiger partial charge in [0, 0.05) is 63.1 Å². The maximum Gasteiger partial charge on any atom is 0.422 e. The summed E-state index contributed by atoms with van der Waals surface area (Å²) in [7, 11) is -0.0146. The van der Waals surface area contributed by atoms with Crippen LogP contribution in [0, 0.1) is 46.3 Å². The molecule has 14 heteroatoms. The molecule has 1 N–H and O–H groups in total. The molecule has 3 aromatic rings. The number of alkyl halides is 3. The van der Waals surface area contributed by atoms with E-state index in [1.54, 1.807) is 0 Å². The third kappa shape index (κ3) is 11.3. The van der Waals surface area contributed by atoms with Crippen LogP contribution in [0.15, 0.2) is 106 Å². The predicted octanol–water partition coefficient (Wildman–Crippen LogP) is 7.70. The Morgan fingerprint density at radius 2 is 1.41 bits per heavy atom. The van der Waals surface area contributed by atoms with Crippen LogP contribution in [0.4, 0.5) is 13.2 Å². The van der Waals surface area contributed by atoms with Crippen molar-refractivity contribution in [2.45, 2.75) is 112 Å². The van der Waals surface area contributed by atoms with Gasteiger partial charge in [-0.25, -0.2) is 0 Å². The Balaban J connectivity index is 0.000000205. The molecule has 3 aromatic carbocycles. The SMILES string of the molecule is CC(CCC(=O)OCCN1CCOCC1)[C@H]1CC[C@H]2[C@@H]3C(=O)C[C@@H]4CC(=O)CC[C@]4(C)[C@H]3CC(=O)[C@]12C.CC(O)(C(=O)[O-])C(F)(F)F.c1ccc([S+](c2ccccc2)c2ccccc2)cc1. The van der Waals surface area contributed by atoms with Crippen LogP contribution in [0.3, 0.4) is 0 Å². The normalized spacial score (nSPS) is 28.8. The lowest BCUT2D eigenvalue weighted by Crippen LogP contribution is -2.60. The zero-order valence-electron chi connectivity index (χ0n) is 38.4. The van der Waals surface area contributed by atoms with Gasteiger partial charge in [-0.05, 0) is 104 Å². The number of aliphatic hydroxyl groups is 1. The van der Waals surface area contributed by atoms with Crippen molar-refractivity contribution in [3.05, 3.63) is 91.0 Å². The first-order valence-corrected chi connectivity index (χ1v) is 24.4. The van der Waals surface area contributed by atoms with Crippen molar-refractivity contribution in [3.63, 3.8) is 0 Å². The Morgan fingerprint density at radius 1 is 0.864 bits per heavy atom. The summed E-state index contributed by atoms with van der Waals surface area (Å²) in [5, 5.41) is 17.7. The standard InChI is InChI=1S/C30H45NO6.C18H15S.C4H5F3O3/c1-19(4-7-27(35)37-15-12-31-10-13-36-14-11-31)22-5-6-23-28-24(18-26(34)30(22,23)3)29(2)9-8-21(32)16-20(29)17-25(28)33;1-4-10-16(11-5-1)19(17-12-6-2-7-13-17)18-14-8-3-9-15-18;1-3(10,2(8)9)4(5,6)7/h19-20,22-24,28H,4-18H2,1-3H3;1-15H;10H,1H3,(H,8,9)/q;+1;/p-1/t19?,20-,22+,23-,24-,28-,29-,30+;;/m0../s1. The molecule has 9 atom stereocenters. The molecule has 358 valence electrons. The molecule has 4 aliphatic carbocycles. The van der Waals surface area contributed by atoms with Crippen LogP contribution in [0.2, 0.25) is 0 Å². The maximum absolute atomic E-state index is 13.9. The number of carbonyl (C=O) groups is 5. The molecule has 0 amide bonds. The molecule has 66 heavy (non-hydrogen) atoms. The number of morpholine rings is 1. The second-order valence-corrected chi connectivity index (χ2v) is 21.3. The summed E-state index contributed by atoms with van der Waals surface area (Å²) in [6.07, 6.45) is 0.615. The minimum absolute atomic E-state index is 0.0146. The van der Waals surface area contributed by atoms with Crippen LogP contribution in [0.5, 0.6) is 0 Å². The third-order valence-electron chi connectivity index (χ3n) is 15.4. The summed E-state index contributed by atoms with van der Waals surface area (Å²) < 4.78 is 45.1. The number of hydrogen-bond donors (Lipinski definition) is 1. The molecule has 1 saturated heterocycles. The maximum atomic E-state index is 13.9. The number of carbonyl (C=O) groups excluding carboxylic acids is 5. The first kappa shape index (κ1) is 51.0. The van der Waals surface area contributed by atoms with Crippen molar-refractivity contribution in [2.24, 2.45) is 46.3 Å². The molecule has 8 rings (SSSR count). The molecule has 10 nitrogen and oxygen atoms in total. The molecule has 0 aromatic heterocycles. The number of Topliss-reactive ketones (excluding diaryl/α,β-unsaturated/α-hetero) is 3. The largest absolute Gasteiger partial charge is 0.547 e. The summed E-state index contributed by atoms with van der Waals surface area (Å²) >= 11 is 0. The zero-order valence-corrected chi connectivity index (χ0v) is 39.3. The molecule has 2 unspecified atom stereocenters. The molecular weight excluding hydrogens is 872 g/mol.